The number of phenols is 1. The molecule has 0 amide bonds. The van der Waals surface area contributed by atoms with Crippen LogP contribution >= 0.6 is 0 Å². The van der Waals surface area contributed by atoms with Crippen molar-refractivity contribution in [3.8, 4) is 5.75 Å². The van der Waals surface area contributed by atoms with Gasteiger partial charge in [0.1, 0.15) is 11.9 Å². The highest BCUT2D eigenvalue weighted by Crippen LogP contribution is 2.61. The van der Waals surface area contributed by atoms with Crippen molar-refractivity contribution >= 4 is 17.9 Å². The third-order valence-electron chi connectivity index (χ3n) is 18.2. The van der Waals surface area contributed by atoms with Crippen LogP contribution in [-0.2, 0) is 35.0 Å². The Labute approximate surface area is 459 Å². The highest BCUT2D eigenvalue weighted by Gasteiger charge is 2.56. The molecule has 0 aliphatic heterocycles. The lowest BCUT2D eigenvalue weighted by molar-refractivity contribution is -0.157. The summed E-state index contributed by atoms with van der Waals surface area (Å²) in [5, 5.41) is 19.8. The average Bonchev–Trinajstić information content (AvgIpc) is 3.74. The monoisotopic (exact) mass is 1050 g/mol. The van der Waals surface area contributed by atoms with Gasteiger partial charge < -0.3 is 29.3 Å². The zero-order valence-corrected chi connectivity index (χ0v) is 48.9. The molecule has 2 saturated carbocycles. The Morgan fingerprint density at radius 1 is 0.573 bits per heavy atom. The fourth-order valence-corrected chi connectivity index (χ4v) is 13.6. The molecule has 4 rings (SSSR count). The molecule has 9 heteroatoms. The summed E-state index contributed by atoms with van der Waals surface area (Å²) in [6.07, 6.45) is 47.3. The summed E-state index contributed by atoms with van der Waals surface area (Å²) in [4.78, 5) is 41.7. The number of carbonyl (C=O) groups is 3. The Morgan fingerprint density at radius 3 is 1.59 bits per heavy atom. The maximum atomic E-state index is 13.4. The van der Waals surface area contributed by atoms with Gasteiger partial charge in [-0.2, -0.15) is 0 Å². The lowest BCUT2D eigenvalue weighted by atomic mass is 9.55. The predicted molar refractivity (Wildman–Crippen MR) is 309 cm³/mol. The van der Waals surface area contributed by atoms with Crippen LogP contribution in [0.1, 0.15) is 307 Å². The van der Waals surface area contributed by atoms with Crippen molar-refractivity contribution in [2.24, 2.45) is 17.3 Å². The first kappa shape index (κ1) is 64.9. The van der Waals surface area contributed by atoms with Crippen LogP contribution in [0.15, 0.2) is 18.2 Å². The Balaban J connectivity index is 1.16. The molecule has 0 saturated heterocycles. The predicted octanol–water partition coefficient (Wildman–Crippen LogP) is 17.4. The van der Waals surface area contributed by atoms with Crippen LogP contribution < -0.4 is 0 Å². The first-order chi connectivity index (χ1) is 36.7. The average molecular weight is 1050 g/mol. The molecule has 2 fully saturated rings. The number of unbranched alkanes of at least 4 members (excludes halogenated alkanes) is 26. The fourth-order valence-electron chi connectivity index (χ4n) is 13.6. The zero-order valence-electron chi connectivity index (χ0n) is 48.9. The van der Waals surface area contributed by atoms with E-state index in [9.17, 15) is 24.6 Å². The van der Waals surface area contributed by atoms with Crippen LogP contribution in [0.5, 0.6) is 5.75 Å². The van der Waals surface area contributed by atoms with Crippen LogP contribution in [0.3, 0.4) is 0 Å². The summed E-state index contributed by atoms with van der Waals surface area (Å²) in [5.74, 6) is 1.87. The van der Waals surface area contributed by atoms with E-state index in [0.29, 0.717) is 56.0 Å². The van der Waals surface area contributed by atoms with E-state index >= 15 is 0 Å². The number of carbonyl (C=O) groups excluding carboxylic acids is 3. The number of aromatic hydroxyl groups is 1. The van der Waals surface area contributed by atoms with Crippen LogP contribution in [0.25, 0.3) is 0 Å². The second kappa shape index (κ2) is 40.5. The van der Waals surface area contributed by atoms with Crippen molar-refractivity contribution in [2.45, 2.75) is 315 Å². The summed E-state index contributed by atoms with van der Waals surface area (Å²) in [6.45, 7) is 9.93. The van der Waals surface area contributed by atoms with E-state index in [0.717, 1.165) is 142 Å². The Kier molecular flexibility index (Phi) is 35.1. The van der Waals surface area contributed by atoms with E-state index in [-0.39, 0.29) is 42.1 Å². The van der Waals surface area contributed by atoms with Gasteiger partial charge in [-0.1, -0.05) is 181 Å². The molecular weight excluding hydrogens is 935 g/mol. The largest absolute Gasteiger partial charge is 0.508 e. The maximum absolute atomic E-state index is 13.4. The van der Waals surface area contributed by atoms with Crippen LogP contribution in [-0.4, -0.2) is 78.1 Å². The lowest BCUT2D eigenvalue weighted by Gasteiger charge is -2.50. The van der Waals surface area contributed by atoms with Crippen molar-refractivity contribution < 1.29 is 38.8 Å². The van der Waals surface area contributed by atoms with Gasteiger partial charge in [0.25, 0.3) is 0 Å². The molecule has 0 radical (unpaired) electrons. The van der Waals surface area contributed by atoms with E-state index in [2.05, 4.69) is 31.7 Å². The maximum Gasteiger partial charge on any atom is 0.306 e. The van der Waals surface area contributed by atoms with Gasteiger partial charge in [-0.15, -0.1) is 0 Å². The van der Waals surface area contributed by atoms with E-state index in [1.807, 2.05) is 12.1 Å². The number of aryl methyl sites for hydroxylation is 1. The number of benzene rings is 1. The summed E-state index contributed by atoms with van der Waals surface area (Å²) in [6, 6.07) is 6.22. The third kappa shape index (κ3) is 26.2. The van der Waals surface area contributed by atoms with E-state index in [4.69, 9.17) is 14.2 Å². The molecule has 0 spiro atoms. The lowest BCUT2D eigenvalue weighted by Crippen LogP contribution is -2.45. The second-order valence-corrected chi connectivity index (χ2v) is 24.2. The minimum absolute atomic E-state index is 0.00344. The fraction of sp³-hybridized carbons (Fsp3) is 0.864. The number of nitrogens with zero attached hydrogens (tertiary/aromatic N) is 1. The summed E-state index contributed by atoms with van der Waals surface area (Å²) >= 11 is 0. The van der Waals surface area contributed by atoms with E-state index < -0.39 is 0 Å². The molecule has 3 aliphatic rings. The normalized spacial score (nSPS) is 20.0. The highest BCUT2D eigenvalue weighted by atomic mass is 16.5. The molecule has 0 aromatic heterocycles. The van der Waals surface area contributed by atoms with Crippen molar-refractivity contribution in [1.82, 2.24) is 4.90 Å². The minimum atomic E-state index is -0.101. The van der Waals surface area contributed by atoms with E-state index in [1.165, 1.54) is 140 Å². The molecule has 0 bridgehead atoms. The molecule has 75 heavy (non-hydrogen) atoms. The Hall–Kier alpha value is -2.65. The number of hydrogen-bond acceptors (Lipinski definition) is 9. The highest BCUT2D eigenvalue weighted by molar-refractivity contribution is 5.70. The number of aliphatic hydroxyl groups excluding tert-OH is 1. The third-order valence-corrected chi connectivity index (χ3v) is 18.2. The molecule has 1 aromatic carbocycles. The van der Waals surface area contributed by atoms with Crippen LogP contribution in [0.4, 0.5) is 0 Å². The number of aliphatic hydroxyl groups is 1. The number of hydrogen-bond donors (Lipinski definition) is 2. The quantitative estimate of drug-likeness (QED) is 0.0373. The molecule has 5 unspecified atom stereocenters. The van der Waals surface area contributed by atoms with Crippen LogP contribution in [0.2, 0.25) is 0 Å². The summed E-state index contributed by atoms with van der Waals surface area (Å²) < 4.78 is 17.8. The van der Waals surface area contributed by atoms with Gasteiger partial charge in [0.05, 0.1) is 13.2 Å². The van der Waals surface area contributed by atoms with Crippen molar-refractivity contribution in [1.29, 1.82) is 0 Å². The standard InChI is InChI=1S/C66H115NO8/c1-4-6-8-10-12-14-16-18-20-22-26-32-52-73-63(70)39-34-36-56(37-35-40-64(71)74-53-33-27-23-21-19-17-15-13-11-9-7-5-2)67(50-30-31-51-68)49-29-25-24-28-38-65(72)75-62-46-45-61-60-43-41-55-54-57(69)42-44-58(55)59(60)47-48-66(61,62)3/h42,44,54,56,59-62,68-69H,4-41,43,45-53H2,1-3H3. The van der Waals surface area contributed by atoms with Crippen molar-refractivity contribution in [3.63, 3.8) is 0 Å². The van der Waals surface area contributed by atoms with Crippen molar-refractivity contribution in [2.75, 3.05) is 32.9 Å². The molecule has 9 nitrogen and oxygen atoms in total. The number of rotatable bonds is 47. The SMILES string of the molecule is CCCCCCCCCCCCCCOC(=O)CCCC(CCCC(=O)OCCCCCCCCCCCCCC)N(CCCCO)CCCCCCC(=O)OC1CCC2C3CCc4cc(O)ccc4C3CCC12C. The van der Waals surface area contributed by atoms with Gasteiger partial charge in [0, 0.05) is 37.3 Å². The van der Waals surface area contributed by atoms with E-state index in [1.54, 1.807) is 0 Å². The number of fused-ring (bicyclic) bond motifs is 5. The molecular formula is C66H115NO8. The molecule has 5 atom stereocenters. The smallest absolute Gasteiger partial charge is 0.306 e. The molecule has 2 N–H and O–H groups in total. The number of phenolic OH excluding ortho intramolecular Hbond substituents is 1. The van der Waals surface area contributed by atoms with Crippen LogP contribution in [0, 0.1) is 17.3 Å². The summed E-state index contributed by atoms with van der Waals surface area (Å²) in [5.41, 5.74) is 2.79. The van der Waals surface area contributed by atoms with Gasteiger partial charge in [0.15, 0.2) is 0 Å². The Morgan fingerprint density at radius 2 is 1.05 bits per heavy atom. The zero-order chi connectivity index (χ0) is 53.6. The van der Waals surface area contributed by atoms with Gasteiger partial charge in [0.2, 0.25) is 0 Å². The first-order valence-electron chi connectivity index (χ1n) is 32.4. The molecule has 1 aromatic rings. The van der Waals surface area contributed by atoms with Crippen molar-refractivity contribution in [3.05, 3.63) is 29.3 Å². The Bertz CT molecular complexity index is 1590. The van der Waals surface area contributed by atoms with Gasteiger partial charge in [-0.3, -0.25) is 14.4 Å². The number of esters is 3. The van der Waals surface area contributed by atoms with Gasteiger partial charge in [-0.25, -0.2) is 0 Å². The molecule has 3 aliphatic carbocycles. The van der Waals surface area contributed by atoms with Gasteiger partial charge >= 0.3 is 17.9 Å². The molecule has 0 heterocycles. The first-order valence-corrected chi connectivity index (χ1v) is 32.4. The second-order valence-electron chi connectivity index (χ2n) is 24.2. The molecule has 432 valence electrons. The number of ether oxygens (including phenoxy) is 3. The minimum Gasteiger partial charge on any atom is -0.508 e. The van der Waals surface area contributed by atoms with Gasteiger partial charge in [-0.05, 0) is 157 Å². The summed E-state index contributed by atoms with van der Waals surface area (Å²) in [7, 11) is 0. The topological polar surface area (TPSA) is 123 Å².